The number of nitrogens with zero attached hydrogens (tertiary/aromatic N) is 5. The van der Waals surface area contributed by atoms with Gasteiger partial charge in [-0.15, -0.1) is 11.3 Å². The fourth-order valence-corrected chi connectivity index (χ4v) is 9.55. The molecule has 1 aliphatic carbocycles. The van der Waals surface area contributed by atoms with Crippen LogP contribution in [-0.2, 0) is 16.0 Å². The number of hydrogen-bond donors (Lipinski definition) is 2. The van der Waals surface area contributed by atoms with Crippen LogP contribution in [0.4, 0.5) is 30.5 Å². The number of halogens is 3. The van der Waals surface area contributed by atoms with Crippen LogP contribution in [0.2, 0.25) is 0 Å². The molecule has 0 spiro atoms. The summed E-state index contributed by atoms with van der Waals surface area (Å²) in [5.74, 6) is -0.615. The largest absolute Gasteiger partial charge is 0.420 e. The van der Waals surface area contributed by atoms with Gasteiger partial charge in [0.1, 0.15) is 10.4 Å². The van der Waals surface area contributed by atoms with Crippen LogP contribution in [0.15, 0.2) is 35.4 Å². The number of sulfone groups is 1. The van der Waals surface area contributed by atoms with E-state index in [1.54, 1.807) is 0 Å². The van der Waals surface area contributed by atoms with Gasteiger partial charge in [0.15, 0.2) is 9.84 Å². The number of anilines is 3. The molecule has 1 aromatic carbocycles. The van der Waals surface area contributed by atoms with Gasteiger partial charge in [0.25, 0.3) is 5.91 Å². The number of carbonyl (C=O) groups excluding carboxylic acids is 1. The van der Waals surface area contributed by atoms with Crippen molar-refractivity contribution < 1.29 is 31.5 Å². The van der Waals surface area contributed by atoms with Crippen molar-refractivity contribution in [1.29, 1.82) is 0 Å². The first-order valence-corrected chi connectivity index (χ1v) is 17.0. The predicted octanol–water partition coefficient (Wildman–Crippen LogP) is 3.96. The Hall–Kier alpha value is -3.27. The van der Waals surface area contributed by atoms with Gasteiger partial charge in [-0.05, 0) is 55.0 Å². The Kier molecular flexibility index (Phi) is 7.14. The van der Waals surface area contributed by atoms with E-state index in [0.717, 1.165) is 49.7 Å². The van der Waals surface area contributed by atoms with E-state index in [-0.39, 0.29) is 39.5 Å². The van der Waals surface area contributed by atoms with Crippen molar-refractivity contribution in [2.24, 2.45) is 0 Å². The molecular weight excluding hydrogens is 617 g/mol. The second-order valence-electron chi connectivity index (χ2n) is 11.9. The van der Waals surface area contributed by atoms with Crippen molar-refractivity contribution in [2.45, 2.75) is 48.3 Å². The lowest BCUT2D eigenvalue weighted by molar-refractivity contribution is -0.137. The van der Waals surface area contributed by atoms with Gasteiger partial charge in [0.05, 0.1) is 27.8 Å². The number of hydrogen-bond acceptors (Lipinski definition) is 10. The number of aliphatic hydroxyl groups excluding tert-OH is 1. The number of nitrogens with one attached hydrogen (secondary N) is 1. The van der Waals surface area contributed by atoms with E-state index in [1.807, 2.05) is 12.1 Å². The third-order valence-corrected chi connectivity index (χ3v) is 11.9. The number of β-amino-alcohol motifs (C(OH)–C–C–N with tert-alkyl or cyclic N) is 1. The van der Waals surface area contributed by atoms with E-state index in [9.17, 15) is 31.5 Å². The normalized spacial score (nSPS) is 23.2. The summed E-state index contributed by atoms with van der Waals surface area (Å²) >= 11 is 0.693. The predicted molar refractivity (Wildman–Crippen MR) is 159 cm³/mol. The highest BCUT2D eigenvalue weighted by atomic mass is 32.2. The highest BCUT2D eigenvalue weighted by Gasteiger charge is 2.43. The summed E-state index contributed by atoms with van der Waals surface area (Å²) < 4.78 is 68.1. The molecule has 2 aromatic heterocycles. The lowest BCUT2D eigenvalue weighted by atomic mass is 10.1. The Morgan fingerprint density at radius 2 is 1.95 bits per heavy atom. The van der Waals surface area contributed by atoms with E-state index in [0.29, 0.717) is 47.8 Å². The van der Waals surface area contributed by atoms with Crippen LogP contribution >= 0.6 is 11.3 Å². The number of aliphatic hydroxyl groups is 1. The molecule has 234 valence electrons. The number of amides is 1. The molecule has 3 fully saturated rings. The standard InChI is InChI=1S/C29H31F3N6O4S2/c1-36-7-9-44(41,42)24-12-23(43-26(24)27(36)40)25-21(29(30,31)32)13-33-28(35-25)34-22-5-4-17(11-20(22)16-2-3-16)38-15-18-10-19(38)14-37(18)6-8-39/h4-5,11-13,16,18-19,39H,2-3,6-10,14-15H2,1H3,(H,33,34,35)/t18-,19-/m1/s1. The molecule has 0 radical (unpaired) electrons. The number of rotatable bonds is 7. The second-order valence-corrected chi connectivity index (χ2v) is 15.0. The highest BCUT2D eigenvalue weighted by Crippen LogP contribution is 2.47. The molecule has 2 atom stereocenters. The molecule has 10 nitrogen and oxygen atoms in total. The monoisotopic (exact) mass is 648 g/mol. The van der Waals surface area contributed by atoms with Gasteiger partial charge in [-0.3, -0.25) is 9.69 Å². The topological polar surface area (TPSA) is 119 Å². The minimum atomic E-state index is -4.81. The van der Waals surface area contributed by atoms with Crippen molar-refractivity contribution in [2.75, 3.05) is 55.8 Å². The zero-order valence-electron chi connectivity index (χ0n) is 23.8. The SMILES string of the molecule is CN1CCS(=O)(=O)c2cc(-c3nc(Nc4ccc(N5C[C@H]6C[C@@H]5CN6CCO)cc4C4CC4)ncc3C(F)(F)F)sc2C1=O. The first kappa shape index (κ1) is 29.4. The number of benzene rings is 1. The molecule has 0 unspecified atom stereocenters. The second kappa shape index (κ2) is 10.7. The van der Waals surface area contributed by atoms with Gasteiger partial charge in [-0.2, -0.15) is 13.2 Å². The number of likely N-dealkylation sites (tertiary alicyclic amines) is 1. The van der Waals surface area contributed by atoms with Gasteiger partial charge in [-0.1, -0.05) is 0 Å². The molecule has 3 aliphatic heterocycles. The number of carbonyl (C=O) groups is 1. The van der Waals surface area contributed by atoms with Crippen LogP contribution in [0.1, 0.15) is 46.0 Å². The Labute approximate surface area is 256 Å². The fraction of sp³-hybridized carbons (Fsp3) is 0.483. The smallest absolute Gasteiger partial charge is 0.395 e. The number of thiophene rings is 1. The quantitative estimate of drug-likeness (QED) is 0.393. The third kappa shape index (κ3) is 5.22. The summed E-state index contributed by atoms with van der Waals surface area (Å²) in [5.41, 5.74) is 1.25. The number of piperazine rings is 1. The van der Waals surface area contributed by atoms with Crippen LogP contribution in [0, 0.1) is 0 Å². The summed E-state index contributed by atoms with van der Waals surface area (Å²) in [6.45, 7) is 2.61. The summed E-state index contributed by atoms with van der Waals surface area (Å²) in [5, 5.41) is 12.5. The Morgan fingerprint density at radius 1 is 1.16 bits per heavy atom. The van der Waals surface area contributed by atoms with Crippen LogP contribution < -0.4 is 10.2 Å². The first-order chi connectivity index (χ1) is 20.9. The molecule has 5 heterocycles. The molecule has 1 saturated carbocycles. The van der Waals surface area contributed by atoms with Crippen molar-refractivity contribution in [3.63, 3.8) is 0 Å². The zero-order valence-corrected chi connectivity index (χ0v) is 25.5. The highest BCUT2D eigenvalue weighted by molar-refractivity contribution is 7.91. The lowest BCUT2D eigenvalue weighted by Crippen LogP contribution is -2.47. The molecular formula is C29H31F3N6O4S2. The summed E-state index contributed by atoms with van der Waals surface area (Å²) in [7, 11) is -2.42. The van der Waals surface area contributed by atoms with E-state index >= 15 is 0 Å². The number of aromatic nitrogens is 2. The van der Waals surface area contributed by atoms with E-state index in [2.05, 4.69) is 31.2 Å². The summed E-state index contributed by atoms with van der Waals surface area (Å²) in [4.78, 5) is 26.6. The van der Waals surface area contributed by atoms with Gasteiger partial charge in [0, 0.05) is 62.9 Å². The molecule has 15 heteroatoms. The molecule has 2 bridgehead atoms. The minimum absolute atomic E-state index is 0.00342. The number of fused-ring (bicyclic) bond motifs is 3. The average Bonchev–Trinajstić information content (AvgIpc) is 3.42. The minimum Gasteiger partial charge on any atom is -0.395 e. The maximum atomic E-state index is 14.1. The molecule has 2 saturated heterocycles. The summed E-state index contributed by atoms with van der Waals surface area (Å²) in [6.07, 6.45) is -1.05. The third-order valence-electron chi connectivity index (χ3n) is 8.97. The van der Waals surface area contributed by atoms with Crippen molar-refractivity contribution >= 4 is 44.4 Å². The molecule has 4 aliphatic rings. The molecule has 7 rings (SSSR count). The average molecular weight is 649 g/mol. The van der Waals surface area contributed by atoms with Gasteiger partial charge in [0.2, 0.25) is 5.95 Å². The van der Waals surface area contributed by atoms with Gasteiger partial charge >= 0.3 is 6.18 Å². The summed E-state index contributed by atoms with van der Waals surface area (Å²) in [6, 6.07) is 7.96. The Bertz CT molecular complexity index is 1740. The zero-order chi connectivity index (χ0) is 31.0. The Balaban J connectivity index is 1.22. The van der Waals surface area contributed by atoms with Crippen molar-refractivity contribution in [3.8, 4) is 10.6 Å². The van der Waals surface area contributed by atoms with Crippen LogP contribution in [0.3, 0.4) is 0 Å². The molecule has 2 N–H and O–H groups in total. The van der Waals surface area contributed by atoms with Crippen LogP contribution in [0.25, 0.3) is 10.6 Å². The first-order valence-electron chi connectivity index (χ1n) is 14.5. The van der Waals surface area contributed by atoms with Crippen molar-refractivity contribution in [1.82, 2.24) is 19.8 Å². The van der Waals surface area contributed by atoms with Gasteiger partial charge < -0.3 is 20.2 Å². The lowest BCUT2D eigenvalue weighted by Gasteiger charge is -2.35. The fourth-order valence-electron chi connectivity index (χ4n) is 6.51. The van der Waals surface area contributed by atoms with Crippen molar-refractivity contribution in [3.05, 3.63) is 46.5 Å². The van der Waals surface area contributed by atoms with Crippen LogP contribution in [0.5, 0.6) is 0 Å². The molecule has 44 heavy (non-hydrogen) atoms. The van der Waals surface area contributed by atoms with E-state index in [4.69, 9.17) is 0 Å². The molecule has 1 amide bonds. The van der Waals surface area contributed by atoms with E-state index < -0.39 is 33.2 Å². The van der Waals surface area contributed by atoms with Crippen LogP contribution in [-0.4, -0.2) is 96.9 Å². The number of alkyl halides is 3. The maximum absolute atomic E-state index is 14.1. The maximum Gasteiger partial charge on any atom is 0.420 e. The molecule has 3 aromatic rings. The van der Waals surface area contributed by atoms with E-state index in [1.165, 1.54) is 11.9 Å². The Morgan fingerprint density at radius 3 is 2.64 bits per heavy atom. The van der Waals surface area contributed by atoms with Gasteiger partial charge in [-0.25, -0.2) is 18.4 Å².